The summed E-state index contributed by atoms with van der Waals surface area (Å²) in [5.74, 6) is -1.17. The largest absolute Gasteiger partial charge is 0.472 e. The molecule has 0 radical (unpaired) electrons. The van der Waals surface area contributed by atoms with Gasteiger partial charge in [0.15, 0.2) is 0 Å². The van der Waals surface area contributed by atoms with E-state index in [0.717, 1.165) is 0 Å². The minimum absolute atomic E-state index is 0.145. The van der Waals surface area contributed by atoms with E-state index in [2.05, 4.69) is 4.52 Å². The summed E-state index contributed by atoms with van der Waals surface area (Å²) < 4.78 is 48.5. The molecule has 0 amide bonds. The fraction of sp³-hybridized carbons (Fsp3) is 1.00. The van der Waals surface area contributed by atoms with E-state index >= 15 is 0 Å². The van der Waals surface area contributed by atoms with Crippen molar-refractivity contribution in [2.75, 3.05) is 26.4 Å². The van der Waals surface area contributed by atoms with Gasteiger partial charge in [0, 0.05) is 24.0 Å². The van der Waals surface area contributed by atoms with Crippen molar-refractivity contribution in [2.45, 2.75) is 32.7 Å². The number of nitrogens with one attached hydrogen (secondary N) is 1. The van der Waals surface area contributed by atoms with Crippen LogP contribution in [0.4, 0.5) is 4.48 Å². The first-order valence-electron chi connectivity index (χ1n) is 7.11. The fourth-order valence-electron chi connectivity index (χ4n) is 1.67. The Labute approximate surface area is 140 Å². The highest BCUT2D eigenvalue weighted by Crippen LogP contribution is 2.44. The van der Waals surface area contributed by atoms with Gasteiger partial charge >= 0.3 is 15.6 Å². The first-order valence-corrected chi connectivity index (χ1v) is 10.1. The van der Waals surface area contributed by atoms with E-state index in [1.807, 2.05) is 0 Å². The van der Waals surface area contributed by atoms with Gasteiger partial charge in [-0.25, -0.2) is 9.13 Å². The van der Waals surface area contributed by atoms with Crippen LogP contribution >= 0.6 is 15.6 Å². The Kier molecular flexibility index (Phi) is 10.3. The monoisotopic (exact) mass is 397 g/mol. The molecule has 10 nitrogen and oxygen atoms in total. The van der Waals surface area contributed by atoms with Crippen molar-refractivity contribution < 1.29 is 47.0 Å². The van der Waals surface area contributed by atoms with Crippen LogP contribution < -0.4 is 5.54 Å². The SMILES string of the molecule is CC(COP(=O)(O)O)COP(=O)(O)OCC(CO)CC(C)(C)NF. The summed E-state index contributed by atoms with van der Waals surface area (Å²) in [6.45, 7) is 3.16. The second-order valence-electron chi connectivity index (χ2n) is 6.18. The van der Waals surface area contributed by atoms with Gasteiger partial charge in [0.05, 0.1) is 19.8 Å². The fourth-order valence-corrected chi connectivity index (χ4v) is 3.03. The predicted octanol–water partition coefficient (Wildman–Crippen LogP) is 1.12. The molecule has 0 spiro atoms. The number of rotatable bonds is 13. The minimum atomic E-state index is -4.62. The summed E-state index contributed by atoms with van der Waals surface area (Å²) in [5.41, 5.74) is 0.623. The highest BCUT2D eigenvalue weighted by atomic mass is 31.2. The molecule has 0 aliphatic carbocycles. The Hall–Kier alpha value is 0.0700. The van der Waals surface area contributed by atoms with Crippen molar-refractivity contribution in [1.82, 2.24) is 5.54 Å². The van der Waals surface area contributed by atoms with Crippen LogP contribution in [0.5, 0.6) is 0 Å². The molecular formula is C11H26FNO9P2. The van der Waals surface area contributed by atoms with Gasteiger partial charge in [0.1, 0.15) is 0 Å². The number of aliphatic hydroxyl groups excluding tert-OH is 1. The molecule has 0 aromatic carbocycles. The van der Waals surface area contributed by atoms with Gasteiger partial charge in [-0.15, -0.1) is 4.48 Å². The number of hydrogen-bond acceptors (Lipinski definition) is 7. The molecule has 0 heterocycles. The third-order valence-corrected chi connectivity index (χ3v) is 4.27. The lowest BCUT2D eigenvalue weighted by Crippen LogP contribution is -2.37. The van der Waals surface area contributed by atoms with Crippen molar-refractivity contribution >= 4 is 15.6 Å². The zero-order valence-corrected chi connectivity index (χ0v) is 15.6. The van der Waals surface area contributed by atoms with Gasteiger partial charge in [-0.1, -0.05) is 6.92 Å². The van der Waals surface area contributed by atoms with Crippen LogP contribution in [0.15, 0.2) is 0 Å². The Morgan fingerprint density at radius 3 is 2.04 bits per heavy atom. The standard InChI is InChI=1S/C11H26FNO9P2/c1-9(6-20-23(15,16)17)7-21-24(18,19)22-8-10(5-14)4-11(2,3)13-12/h9-10,13-14H,4-8H2,1-3H3,(H,18,19)(H2,15,16,17). The molecule has 0 bridgehead atoms. The normalized spacial score (nSPS) is 18.2. The Balaban J connectivity index is 4.28. The smallest absolute Gasteiger partial charge is 0.396 e. The summed E-state index contributed by atoms with van der Waals surface area (Å²) in [4.78, 5) is 26.6. The molecule has 0 rings (SSSR count). The summed E-state index contributed by atoms with van der Waals surface area (Å²) >= 11 is 0. The molecule has 0 fully saturated rings. The Morgan fingerprint density at radius 1 is 1.08 bits per heavy atom. The third kappa shape index (κ3) is 12.4. The molecule has 0 aromatic heterocycles. The van der Waals surface area contributed by atoms with Crippen LogP contribution in [0.25, 0.3) is 0 Å². The van der Waals surface area contributed by atoms with Crippen LogP contribution in [0.3, 0.4) is 0 Å². The quantitative estimate of drug-likeness (QED) is 0.225. The van der Waals surface area contributed by atoms with Gasteiger partial charge in [0.25, 0.3) is 0 Å². The van der Waals surface area contributed by atoms with Gasteiger partial charge in [-0.2, -0.15) is 5.54 Å². The number of halogens is 1. The van der Waals surface area contributed by atoms with Crippen molar-refractivity contribution in [3.8, 4) is 0 Å². The Morgan fingerprint density at radius 2 is 1.58 bits per heavy atom. The first-order chi connectivity index (χ1) is 10.8. The highest BCUT2D eigenvalue weighted by Gasteiger charge is 2.28. The number of hydrogen-bond donors (Lipinski definition) is 5. The maximum Gasteiger partial charge on any atom is 0.472 e. The van der Waals surface area contributed by atoms with Crippen molar-refractivity contribution in [3.05, 3.63) is 0 Å². The molecule has 0 saturated heterocycles. The second kappa shape index (κ2) is 10.3. The van der Waals surface area contributed by atoms with E-state index in [9.17, 15) is 23.6 Å². The molecule has 3 atom stereocenters. The maximum absolute atomic E-state index is 12.5. The number of phosphoric ester groups is 2. The molecule has 0 aliphatic rings. The van der Waals surface area contributed by atoms with Gasteiger partial charge in [-0.05, 0) is 20.3 Å². The van der Waals surface area contributed by atoms with E-state index in [1.54, 1.807) is 19.4 Å². The average Bonchev–Trinajstić information content (AvgIpc) is 2.46. The van der Waals surface area contributed by atoms with Crippen LogP contribution in [0.1, 0.15) is 27.2 Å². The van der Waals surface area contributed by atoms with Crippen LogP contribution in [0.2, 0.25) is 0 Å². The van der Waals surface area contributed by atoms with Crippen molar-refractivity contribution in [3.63, 3.8) is 0 Å². The lowest BCUT2D eigenvalue weighted by molar-refractivity contribution is 0.0711. The van der Waals surface area contributed by atoms with Gasteiger partial charge in [0.2, 0.25) is 0 Å². The van der Waals surface area contributed by atoms with Crippen LogP contribution in [-0.4, -0.2) is 51.8 Å². The second-order valence-corrected chi connectivity index (χ2v) is 8.88. The lowest BCUT2D eigenvalue weighted by atomic mass is 9.92. The molecule has 146 valence electrons. The third-order valence-electron chi connectivity index (χ3n) is 2.84. The van der Waals surface area contributed by atoms with Gasteiger partial charge in [-0.3, -0.25) is 13.6 Å². The van der Waals surface area contributed by atoms with Crippen LogP contribution in [-0.2, 0) is 22.7 Å². The molecule has 13 heteroatoms. The molecule has 0 saturated carbocycles. The van der Waals surface area contributed by atoms with Crippen LogP contribution in [0, 0.1) is 11.8 Å². The predicted molar refractivity (Wildman–Crippen MR) is 82.4 cm³/mol. The van der Waals surface area contributed by atoms with E-state index in [0.29, 0.717) is 0 Å². The zero-order valence-electron chi connectivity index (χ0n) is 13.8. The van der Waals surface area contributed by atoms with Crippen molar-refractivity contribution in [2.24, 2.45) is 11.8 Å². The van der Waals surface area contributed by atoms with E-state index < -0.39 is 33.0 Å². The summed E-state index contributed by atoms with van der Waals surface area (Å²) in [6.07, 6.45) is 0.145. The number of phosphoric acid groups is 2. The Bertz CT molecular complexity index is 459. The zero-order chi connectivity index (χ0) is 19.0. The molecule has 3 unspecified atom stereocenters. The summed E-state index contributed by atoms with van der Waals surface area (Å²) in [6, 6.07) is 0. The highest BCUT2D eigenvalue weighted by molar-refractivity contribution is 7.47. The molecular weight excluding hydrogens is 371 g/mol. The number of aliphatic hydroxyl groups is 1. The minimum Gasteiger partial charge on any atom is -0.396 e. The summed E-state index contributed by atoms with van der Waals surface area (Å²) in [7, 11) is -9.05. The molecule has 0 aliphatic heterocycles. The molecule has 5 N–H and O–H groups in total. The summed E-state index contributed by atoms with van der Waals surface area (Å²) in [5, 5.41) is 9.21. The van der Waals surface area contributed by atoms with E-state index in [1.165, 1.54) is 6.92 Å². The van der Waals surface area contributed by atoms with Crippen molar-refractivity contribution in [1.29, 1.82) is 0 Å². The van der Waals surface area contributed by atoms with E-state index in [-0.39, 0.29) is 32.8 Å². The van der Waals surface area contributed by atoms with Gasteiger partial charge < -0.3 is 19.8 Å². The molecule has 0 aromatic rings. The molecule has 24 heavy (non-hydrogen) atoms. The lowest BCUT2D eigenvalue weighted by Gasteiger charge is -2.26. The average molecular weight is 397 g/mol. The first kappa shape index (κ1) is 24.1. The maximum atomic E-state index is 12.5. The topological polar surface area (TPSA) is 155 Å². The van der Waals surface area contributed by atoms with E-state index in [4.69, 9.17) is 18.8 Å².